The maximum absolute atomic E-state index is 12.5. The van der Waals surface area contributed by atoms with Crippen LogP contribution >= 0.6 is 0 Å². The molecule has 0 unspecified atom stereocenters. The minimum Gasteiger partial charge on any atom is -0.494 e. The van der Waals surface area contributed by atoms with Gasteiger partial charge in [-0.2, -0.15) is 0 Å². The number of ether oxygens (including phenoxy) is 2. The van der Waals surface area contributed by atoms with Gasteiger partial charge in [-0.25, -0.2) is 13.2 Å². The lowest BCUT2D eigenvalue weighted by Crippen LogP contribution is -2.28. The zero-order valence-electron chi connectivity index (χ0n) is 15.7. The molecular formula is C20H20N2O6S. The van der Waals surface area contributed by atoms with Crippen LogP contribution in [0.5, 0.6) is 5.75 Å². The molecule has 0 spiro atoms. The van der Waals surface area contributed by atoms with Crippen LogP contribution in [-0.2, 0) is 19.6 Å². The van der Waals surface area contributed by atoms with Crippen molar-refractivity contribution in [3.05, 3.63) is 54.1 Å². The summed E-state index contributed by atoms with van der Waals surface area (Å²) in [7, 11) is -3.80. The Bertz CT molecular complexity index is 993. The van der Waals surface area contributed by atoms with Gasteiger partial charge >= 0.3 is 5.97 Å². The van der Waals surface area contributed by atoms with Gasteiger partial charge < -0.3 is 14.8 Å². The molecule has 2 aromatic rings. The van der Waals surface area contributed by atoms with Crippen LogP contribution in [0.2, 0.25) is 0 Å². The number of benzene rings is 2. The number of carbonyl (C=O) groups excluding carboxylic acids is 2. The predicted octanol–water partition coefficient (Wildman–Crippen LogP) is 1.79. The van der Waals surface area contributed by atoms with Crippen LogP contribution < -0.4 is 14.8 Å². The van der Waals surface area contributed by atoms with Gasteiger partial charge in [-0.15, -0.1) is 6.42 Å². The van der Waals surface area contributed by atoms with Gasteiger partial charge in [0.1, 0.15) is 5.75 Å². The minimum absolute atomic E-state index is 0.0412. The lowest BCUT2D eigenvalue weighted by Gasteiger charge is -2.10. The molecule has 0 aliphatic rings. The summed E-state index contributed by atoms with van der Waals surface area (Å²) in [5.74, 6) is 1.56. The molecule has 0 fully saturated rings. The Kier molecular flexibility index (Phi) is 7.62. The molecule has 9 heteroatoms. The van der Waals surface area contributed by atoms with E-state index in [4.69, 9.17) is 15.9 Å². The number of sulfonamides is 1. The van der Waals surface area contributed by atoms with Gasteiger partial charge in [-0.05, 0) is 55.5 Å². The van der Waals surface area contributed by atoms with Gasteiger partial charge in [0.15, 0.2) is 6.61 Å². The maximum Gasteiger partial charge on any atom is 0.338 e. The van der Waals surface area contributed by atoms with Crippen molar-refractivity contribution in [2.75, 3.05) is 24.5 Å². The number of nitrogens with one attached hydrogen (secondary N) is 2. The SMILES string of the molecule is C#CCNC(=O)COC(=O)c1ccc(NS(=O)(=O)c2ccc(OCC)cc2)cc1. The largest absolute Gasteiger partial charge is 0.494 e. The number of rotatable bonds is 9. The van der Waals surface area contributed by atoms with E-state index >= 15 is 0 Å². The molecule has 2 aromatic carbocycles. The van der Waals surface area contributed by atoms with Gasteiger partial charge in [0.05, 0.1) is 23.6 Å². The summed E-state index contributed by atoms with van der Waals surface area (Å²) in [5.41, 5.74) is 0.431. The topological polar surface area (TPSA) is 111 Å². The van der Waals surface area contributed by atoms with Gasteiger partial charge in [-0.1, -0.05) is 5.92 Å². The van der Waals surface area contributed by atoms with Gasteiger partial charge in [0.2, 0.25) is 0 Å². The van der Waals surface area contributed by atoms with Crippen LogP contribution in [0.4, 0.5) is 5.69 Å². The normalized spacial score (nSPS) is 10.5. The number of carbonyl (C=O) groups is 2. The standard InChI is InChI=1S/C20H20N2O6S/c1-3-13-21-19(23)14-28-20(24)15-5-7-16(8-6-15)22-29(25,26)18-11-9-17(10-12-18)27-4-2/h1,5-12,22H,4,13-14H2,2H3,(H,21,23). The Morgan fingerprint density at radius 3 is 2.31 bits per heavy atom. The molecule has 0 heterocycles. The van der Waals surface area contributed by atoms with Crippen LogP contribution in [-0.4, -0.2) is 40.1 Å². The number of esters is 1. The number of anilines is 1. The zero-order valence-corrected chi connectivity index (χ0v) is 16.5. The first-order chi connectivity index (χ1) is 13.9. The summed E-state index contributed by atoms with van der Waals surface area (Å²) in [6.07, 6.45) is 5.01. The quantitative estimate of drug-likeness (QED) is 0.476. The van der Waals surface area contributed by atoms with Crippen LogP contribution in [0.1, 0.15) is 17.3 Å². The summed E-state index contributed by atoms with van der Waals surface area (Å²) < 4.78 is 37.5. The molecule has 0 atom stereocenters. The molecule has 0 aromatic heterocycles. The maximum atomic E-state index is 12.5. The number of hydrogen-bond acceptors (Lipinski definition) is 6. The summed E-state index contributed by atoms with van der Waals surface area (Å²) >= 11 is 0. The van der Waals surface area contributed by atoms with Crippen molar-refractivity contribution in [1.29, 1.82) is 0 Å². The zero-order chi connectivity index (χ0) is 21.3. The summed E-state index contributed by atoms with van der Waals surface area (Å²) in [6.45, 7) is 1.89. The molecule has 1 amide bonds. The fourth-order valence-corrected chi connectivity index (χ4v) is 3.24. The average Bonchev–Trinajstić information content (AvgIpc) is 2.71. The van der Waals surface area contributed by atoms with Crippen molar-refractivity contribution in [3.8, 4) is 18.1 Å². The van der Waals surface area contributed by atoms with Crippen LogP contribution in [0.15, 0.2) is 53.4 Å². The Labute approximate surface area is 169 Å². The second kappa shape index (κ2) is 10.1. The third-order valence-corrected chi connectivity index (χ3v) is 4.94. The van der Waals surface area contributed by atoms with Crippen molar-refractivity contribution < 1.29 is 27.5 Å². The molecule has 152 valence electrons. The van der Waals surface area contributed by atoms with E-state index in [-0.39, 0.29) is 22.7 Å². The number of amides is 1. The average molecular weight is 416 g/mol. The number of terminal acetylenes is 1. The first-order valence-electron chi connectivity index (χ1n) is 8.58. The van der Waals surface area contributed by atoms with Gasteiger partial charge in [0, 0.05) is 5.69 Å². The van der Waals surface area contributed by atoms with Crippen molar-refractivity contribution >= 4 is 27.6 Å². The van der Waals surface area contributed by atoms with Gasteiger partial charge in [-0.3, -0.25) is 9.52 Å². The molecule has 0 bridgehead atoms. The molecule has 0 radical (unpaired) electrons. The highest BCUT2D eigenvalue weighted by Gasteiger charge is 2.15. The predicted molar refractivity (Wildman–Crippen MR) is 107 cm³/mol. The monoisotopic (exact) mass is 416 g/mol. The van der Waals surface area contributed by atoms with E-state index in [1.807, 2.05) is 6.92 Å². The lowest BCUT2D eigenvalue weighted by molar-refractivity contribution is -0.123. The van der Waals surface area contributed by atoms with E-state index < -0.39 is 28.5 Å². The van der Waals surface area contributed by atoms with E-state index in [0.717, 1.165) is 0 Å². The van der Waals surface area contributed by atoms with Crippen molar-refractivity contribution in [2.45, 2.75) is 11.8 Å². The molecular weight excluding hydrogens is 396 g/mol. The van der Waals surface area contributed by atoms with E-state index in [0.29, 0.717) is 12.4 Å². The summed E-state index contributed by atoms with van der Waals surface area (Å²) in [5, 5.41) is 2.36. The van der Waals surface area contributed by atoms with Crippen molar-refractivity contribution in [1.82, 2.24) is 5.32 Å². The Hall–Kier alpha value is -3.51. The minimum atomic E-state index is -3.80. The molecule has 2 N–H and O–H groups in total. The Balaban J connectivity index is 1.98. The highest BCUT2D eigenvalue weighted by molar-refractivity contribution is 7.92. The highest BCUT2D eigenvalue weighted by atomic mass is 32.2. The van der Waals surface area contributed by atoms with E-state index in [9.17, 15) is 18.0 Å². The second-order valence-electron chi connectivity index (χ2n) is 5.64. The first kappa shape index (κ1) is 21.8. The van der Waals surface area contributed by atoms with Crippen LogP contribution in [0.25, 0.3) is 0 Å². The molecule has 8 nitrogen and oxygen atoms in total. The second-order valence-corrected chi connectivity index (χ2v) is 7.33. The third kappa shape index (κ3) is 6.55. The van der Waals surface area contributed by atoms with E-state index in [2.05, 4.69) is 16.0 Å². The van der Waals surface area contributed by atoms with Crippen LogP contribution in [0.3, 0.4) is 0 Å². The Morgan fingerprint density at radius 1 is 1.07 bits per heavy atom. The summed E-state index contributed by atoms with van der Waals surface area (Å²) in [4.78, 5) is 23.4. The van der Waals surface area contributed by atoms with Gasteiger partial charge in [0.25, 0.3) is 15.9 Å². The molecule has 0 aliphatic heterocycles. The van der Waals surface area contributed by atoms with Crippen LogP contribution in [0, 0.1) is 12.3 Å². The van der Waals surface area contributed by atoms with Crippen molar-refractivity contribution in [3.63, 3.8) is 0 Å². The summed E-state index contributed by atoms with van der Waals surface area (Å²) in [6, 6.07) is 11.6. The lowest BCUT2D eigenvalue weighted by atomic mass is 10.2. The molecule has 2 rings (SSSR count). The molecule has 0 aliphatic carbocycles. The molecule has 29 heavy (non-hydrogen) atoms. The fourth-order valence-electron chi connectivity index (χ4n) is 2.19. The van der Waals surface area contributed by atoms with E-state index in [1.165, 1.54) is 36.4 Å². The Morgan fingerprint density at radius 2 is 1.72 bits per heavy atom. The smallest absolute Gasteiger partial charge is 0.338 e. The fraction of sp³-hybridized carbons (Fsp3) is 0.200. The van der Waals surface area contributed by atoms with Crippen molar-refractivity contribution in [2.24, 2.45) is 0 Å². The third-order valence-electron chi connectivity index (χ3n) is 3.54. The van der Waals surface area contributed by atoms with E-state index in [1.54, 1.807) is 12.1 Å². The molecule has 0 saturated heterocycles. The first-order valence-corrected chi connectivity index (χ1v) is 10.1. The molecule has 0 saturated carbocycles. The highest BCUT2D eigenvalue weighted by Crippen LogP contribution is 2.20. The number of hydrogen-bond donors (Lipinski definition) is 2.